The third kappa shape index (κ3) is 4.67. The average Bonchev–Trinajstić information content (AvgIpc) is 2.76. The van der Waals surface area contributed by atoms with Crippen LogP contribution in [-0.2, 0) is 6.54 Å². The molecular weight excluding hydrogens is 392 g/mol. The van der Waals surface area contributed by atoms with Gasteiger partial charge >= 0.3 is 5.69 Å². The van der Waals surface area contributed by atoms with Gasteiger partial charge in [0.05, 0.1) is 24.8 Å². The highest BCUT2D eigenvalue weighted by molar-refractivity contribution is 5.82. The fourth-order valence-corrected chi connectivity index (χ4v) is 4.09. The van der Waals surface area contributed by atoms with E-state index < -0.39 is 11.2 Å². The monoisotopic (exact) mass is 419 g/mol. The first-order valence-electron chi connectivity index (χ1n) is 10.6. The fourth-order valence-electron chi connectivity index (χ4n) is 4.09. The van der Waals surface area contributed by atoms with Crippen LogP contribution >= 0.6 is 0 Å². The molecule has 3 N–H and O–H groups in total. The summed E-state index contributed by atoms with van der Waals surface area (Å²) < 4.78 is 1.12. The maximum absolute atomic E-state index is 12.4. The van der Waals surface area contributed by atoms with E-state index in [1.807, 2.05) is 25.1 Å². The molecule has 1 aliphatic heterocycles. The fraction of sp³-hybridized carbons (Fsp3) is 0.292. The lowest BCUT2D eigenvalue weighted by atomic mass is 10.0. The van der Waals surface area contributed by atoms with Gasteiger partial charge in [-0.2, -0.15) is 0 Å². The van der Waals surface area contributed by atoms with Crippen molar-refractivity contribution < 1.29 is 10.0 Å². The molecule has 3 aromatic rings. The molecule has 0 saturated carbocycles. The molecular formula is C24H27N4O3+. The van der Waals surface area contributed by atoms with E-state index >= 15 is 0 Å². The Morgan fingerprint density at radius 3 is 2.48 bits per heavy atom. The molecule has 1 saturated heterocycles. The van der Waals surface area contributed by atoms with Crippen molar-refractivity contribution in [2.75, 3.05) is 13.1 Å². The van der Waals surface area contributed by atoms with Crippen molar-refractivity contribution >= 4 is 6.21 Å². The number of H-pyrrole nitrogens is 1. The van der Waals surface area contributed by atoms with Gasteiger partial charge in [0.2, 0.25) is 5.88 Å². The standard InChI is InChI=1S/C24H26N4O3/c1-17-7-5-6-10-21(17)28-23(30)20(22(29)26-24(28)31)15-25-19-11-13-27(14-12-19)16-18-8-3-2-4-9-18/h2-10,15,19,30H,11-14,16H2,1H3,(H,26,29,31)/p+1. The molecule has 0 aliphatic carbocycles. The summed E-state index contributed by atoms with van der Waals surface area (Å²) in [4.78, 5) is 33.1. The Hall–Kier alpha value is -3.45. The molecule has 0 spiro atoms. The first-order chi connectivity index (χ1) is 15.0. The van der Waals surface area contributed by atoms with Gasteiger partial charge in [-0.15, -0.1) is 0 Å². The first kappa shape index (κ1) is 20.8. The van der Waals surface area contributed by atoms with E-state index in [0.29, 0.717) is 5.69 Å². The van der Waals surface area contributed by atoms with Crippen LogP contribution in [0.5, 0.6) is 5.88 Å². The molecule has 0 atom stereocenters. The van der Waals surface area contributed by atoms with Crippen molar-refractivity contribution in [2.45, 2.75) is 32.4 Å². The molecule has 2 heterocycles. The Morgan fingerprint density at radius 1 is 1.10 bits per heavy atom. The second kappa shape index (κ2) is 9.14. The summed E-state index contributed by atoms with van der Waals surface area (Å²) in [6.45, 7) is 4.84. The lowest BCUT2D eigenvalue weighted by Gasteiger charge is -2.27. The van der Waals surface area contributed by atoms with Crippen LogP contribution in [0.25, 0.3) is 5.69 Å². The average molecular weight is 420 g/mol. The van der Waals surface area contributed by atoms with Gasteiger partial charge in [0.15, 0.2) is 0 Å². The lowest BCUT2D eigenvalue weighted by Crippen LogP contribution is -3.12. The second-order valence-electron chi connectivity index (χ2n) is 8.04. The number of nitrogens with zero attached hydrogens (tertiary/aromatic N) is 2. The second-order valence-corrected chi connectivity index (χ2v) is 8.04. The van der Waals surface area contributed by atoms with Crippen LogP contribution in [0.3, 0.4) is 0 Å². The third-order valence-electron chi connectivity index (χ3n) is 5.85. The molecule has 0 radical (unpaired) electrons. The number of piperidine rings is 1. The maximum atomic E-state index is 12.4. The van der Waals surface area contributed by atoms with Crippen LogP contribution in [0.2, 0.25) is 0 Å². The van der Waals surface area contributed by atoms with Crippen LogP contribution in [0, 0.1) is 6.92 Å². The maximum Gasteiger partial charge on any atom is 0.335 e. The molecule has 0 bridgehead atoms. The summed E-state index contributed by atoms with van der Waals surface area (Å²) in [6.07, 6.45) is 3.23. The number of para-hydroxylation sites is 1. The normalized spacial score (nSPS) is 19.0. The van der Waals surface area contributed by atoms with Crippen LogP contribution in [0.1, 0.15) is 29.5 Å². The Bertz CT molecular complexity index is 1190. The smallest absolute Gasteiger partial charge is 0.335 e. The molecule has 7 nitrogen and oxygen atoms in total. The number of aromatic hydroxyl groups is 1. The number of aryl methyl sites for hydroxylation is 1. The molecule has 1 aromatic heterocycles. The van der Waals surface area contributed by atoms with E-state index in [-0.39, 0.29) is 17.5 Å². The zero-order valence-electron chi connectivity index (χ0n) is 17.5. The molecule has 1 fully saturated rings. The van der Waals surface area contributed by atoms with Gasteiger partial charge in [-0.25, -0.2) is 9.36 Å². The number of aliphatic imine (C=N–C) groups is 1. The molecule has 2 aromatic carbocycles. The van der Waals surface area contributed by atoms with Crippen molar-refractivity contribution in [3.05, 3.63) is 92.1 Å². The third-order valence-corrected chi connectivity index (χ3v) is 5.85. The Labute approximate surface area is 180 Å². The molecule has 1 aliphatic rings. The van der Waals surface area contributed by atoms with Crippen LogP contribution in [0.15, 0.2) is 69.2 Å². The first-order valence-corrected chi connectivity index (χ1v) is 10.6. The Morgan fingerprint density at radius 2 is 1.77 bits per heavy atom. The van der Waals surface area contributed by atoms with Gasteiger partial charge in [0, 0.05) is 24.6 Å². The molecule has 7 heteroatoms. The predicted molar refractivity (Wildman–Crippen MR) is 121 cm³/mol. The number of aromatic amines is 1. The molecule has 31 heavy (non-hydrogen) atoms. The summed E-state index contributed by atoms with van der Waals surface area (Å²) in [5, 5.41) is 10.7. The number of likely N-dealkylation sites (tertiary alicyclic amines) is 1. The van der Waals surface area contributed by atoms with Crippen LogP contribution in [-0.4, -0.2) is 40.0 Å². The van der Waals surface area contributed by atoms with Gasteiger partial charge in [-0.3, -0.25) is 14.8 Å². The van der Waals surface area contributed by atoms with E-state index in [0.717, 1.165) is 42.6 Å². The number of nitrogens with one attached hydrogen (secondary N) is 2. The molecule has 4 rings (SSSR count). The predicted octanol–water partition coefficient (Wildman–Crippen LogP) is 1.21. The number of hydrogen-bond donors (Lipinski definition) is 3. The number of benzene rings is 2. The Kier molecular flexibility index (Phi) is 6.13. The molecule has 0 amide bonds. The van der Waals surface area contributed by atoms with E-state index in [4.69, 9.17) is 0 Å². The van der Waals surface area contributed by atoms with Gasteiger partial charge in [0.25, 0.3) is 5.56 Å². The van der Waals surface area contributed by atoms with Crippen molar-refractivity contribution in [2.24, 2.45) is 4.99 Å². The zero-order chi connectivity index (χ0) is 21.8. The summed E-state index contributed by atoms with van der Waals surface area (Å²) >= 11 is 0. The van der Waals surface area contributed by atoms with Crippen molar-refractivity contribution in [1.82, 2.24) is 9.55 Å². The minimum atomic E-state index is -0.674. The lowest BCUT2D eigenvalue weighted by molar-refractivity contribution is -0.918. The Balaban J connectivity index is 1.50. The number of hydrogen-bond acceptors (Lipinski definition) is 4. The van der Waals surface area contributed by atoms with E-state index in [1.165, 1.54) is 16.7 Å². The quantitative estimate of drug-likeness (QED) is 0.543. The van der Waals surface area contributed by atoms with E-state index in [2.05, 4.69) is 34.2 Å². The summed E-state index contributed by atoms with van der Waals surface area (Å²) in [6, 6.07) is 17.7. The minimum absolute atomic E-state index is 0.00177. The van der Waals surface area contributed by atoms with Gasteiger partial charge < -0.3 is 10.0 Å². The SMILES string of the molecule is Cc1ccccc1-n1c(O)c(C=NC2CC[NH+](Cc3ccccc3)CC2)c(=O)[nH]c1=O. The van der Waals surface area contributed by atoms with Crippen LogP contribution in [0.4, 0.5) is 0 Å². The largest absolute Gasteiger partial charge is 0.493 e. The number of aromatic nitrogens is 2. The van der Waals surface area contributed by atoms with Gasteiger partial charge in [-0.05, 0) is 18.6 Å². The van der Waals surface area contributed by atoms with Crippen molar-refractivity contribution in [3.8, 4) is 11.6 Å². The van der Waals surface area contributed by atoms with Crippen LogP contribution < -0.4 is 16.1 Å². The topological polar surface area (TPSA) is 91.9 Å². The highest BCUT2D eigenvalue weighted by atomic mass is 16.3. The number of rotatable bonds is 5. The van der Waals surface area contributed by atoms with E-state index in [1.54, 1.807) is 12.1 Å². The minimum Gasteiger partial charge on any atom is -0.493 e. The molecule has 160 valence electrons. The van der Waals surface area contributed by atoms with Crippen molar-refractivity contribution in [3.63, 3.8) is 0 Å². The number of quaternary nitrogens is 1. The highest BCUT2D eigenvalue weighted by Gasteiger charge is 2.22. The van der Waals surface area contributed by atoms with Gasteiger partial charge in [0.1, 0.15) is 12.1 Å². The highest BCUT2D eigenvalue weighted by Crippen LogP contribution is 2.18. The van der Waals surface area contributed by atoms with Crippen molar-refractivity contribution in [1.29, 1.82) is 0 Å². The summed E-state index contributed by atoms with van der Waals surface area (Å²) in [5.74, 6) is -0.390. The summed E-state index contributed by atoms with van der Waals surface area (Å²) in [7, 11) is 0. The summed E-state index contributed by atoms with van der Waals surface area (Å²) in [5.41, 5.74) is 1.35. The molecule has 0 unspecified atom stereocenters. The van der Waals surface area contributed by atoms with E-state index in [9.17, 15) is 14.7 Å². The zero-order valence-corrected chi connectivity index (χ0v) is 17.5. The van der Waals surface area contributed by atoms with Gasteiger partial charge in [-0.1, -0.05) is 48.5 Å².